The third-order valence-electron chi connectivity index (χ3n) is 1.91. The van der Waals surface area contributed by atoms with E-state index in [0.717, 1.165) is 52.4 Å². The van der Waals surface area contributed by atoms with Crippen LogP contribution in [0, 0.1) is 0 Å². The first kappa shape index (κ1) is 13.2. The van der Waals surface area contributed by atoms with Gasteiger partial charge in [0.15, 0.2) is 0 Å². The summed E-state index contributed by atoms with van der Waals surface area (Å²) < 4.78 is 0. The summed E-state index contributed by atoms with van der Waals surface area (Å²) >= 11 is 0. The van der Waals surface area contributed by atoms with Gasteiger partial charge in [0.05, 0.1) is 0 Å². The van der Waals surface area contributed by atoms with E-state index in [1.807, 2.05) is 0 Å². The molecule has 5 heteroatoms. The van der Waals surface area contributed by atoms with Gasteiger partial charge >= 0.3 is 0 Å². The van der Waals surface area contributed by atoms with E-state index in [-0.39, 0.29) is 13.5 Å². The zero-order valence-electron chi connectivity index (χ0n) is 8.16. The fraction of sp³-hybridized carbons (Fsp3) is 1.00. The maximum absolute atomic E-state index is 3.22. The molecule has 0 aromatic heterocycles. The maximum Gasteiger partial charge on any atom is 0.00772 e. The number of hydrogen-bond donors (Lipinski definition) is 4. The lowest BCUT2D eigenvalue weighted by molar-refractivity contribution is 0.534. The number of hydrogen-bond acceptors (Lipinski definition) is 4. The van der Waals surface area contributed by atoms with Crippen molar-refractivity contribution in [3.8, 4) is 0 Å². The first-order valence-corrected chi connectivity index (χ1v) is 4.83. The lowest BCUT2D eigenvalue weighted by atomic mass is 10.4. The predicted molar refractivity (Wildman–Crippen MR) is 61.9 cm³/mol. The summed E-state index contributed by atoms with van der Waals surface area (Å²) in [5.41, 5.74) is 0. The predicted octanol–water partition coefficient (Wildman–Crippen LogP) is -1.53. The summed E-state index contributed by atoms with van der Waals surface area (Å²) in [6, 6.07) is 0. The van der Waals surface area contributed by atoms with E-state index in [1.54, 1.807) is 0 Å². The highest BCUT2D eigenvalue weighted by Crippen LogP contribution is 1.65. The molecule has 80 valence electrons. The summed E-state index contributed by atoms with van der Waals surface area (Å²) in [6.45, 7) is 9.11. The molecule has 2 fully saturated rings. The Morgan fingerprint density at radius 2 is 0.538 bits per heavy atom. The topological polar surface area (TPSA) is 48.1 Å². The third-order valence-corrected chi connectivity index (χ3v) is 1.91. The van der Waals surface area contributed by atoms with E-state index < -0.39 is 0 Å². The van der Waals surface area contributed by atoms with Crippen LogP contribution in [0.1, 0.15) is 0 Å². The molecular formula is C8H22N4S. The van der Waals surface area contributed by atoms with Gasteiger partial charge in [-0.15, -0.1) is 0 Å². The molecule has 0 aliphatic carbocycles. The van der Waals surface area contributed by atoms with Crippen molar-refractivity contribution in [1.82, 2.24) is 21.3 Å². The second kappa shape index (κ2) is 10.3. The van der Waals surface area contributed by atoms with Crippen LogP contribution in [0.2, 0.25) is 0 Å². The van der Waals surface area contributed by atoms with E-state index in [2.05, 4.69) is 21.3 Å². The van der Waals surface area contributed by atoms with Crippen LogP contribution in [-0.4, -0.2) is 52.4 Å². The van der Waals surface area contributed by atoms with Crippen LogP contribution < -0.4 is 21.3 Å². The molecule has 2 saturated heterocycles. The molecule has 0 atom stereocenters. The van der Waals surface area contributed by atoms with Gasteiger partial charge in [-0.2, -0.15) is 13.5 Å². The molecule has 4 N–H and O–H groups in total. The second-order valence-electron chi connectivity index (χ2n) is 3.00. The minimum atomic E-state index is 0. The van der Waals surface area contributed by atoms with Crippen LogP contribution in [0.3, 0.4) is 0 Å². The summed E-state index contributed by atoms with van der Waals surface area (Å²) in [5.74, 6) is 0. The van der Waals surface area contributed by atoms with E-state index >= 15 is 0 Å². The average molecular weight is 206 g/mol. The molecule has 2 heterocycles. The minimum Gasteiger partial charge on any atom is -0.314 e. The van der Waals surface area contributed by atoms with Gasteiger partial charge in [-0.05, 0) is 0 Å². The smallest absolute Gasteiger partial charge is 0.00772 e. The van der Waals surface area contributed by atoms with Crippen molar-refractivity contribution in [1.29, 1.82) is 0 Å². The molecule has 0 aromatic carbocycles. The van der Waals surface area contributed by atoms with Crippen LogP contribution in [-0.2, 0) is 0 Å². The molecule has 2 aliphatic heterocycles. The highest BCUT2D eigenvalue weighted by molar-refractivity contribution is 7.59. The highest BCUT2D eigenvalue weighted by atomic mass is 32.1. The van der Waals surface area contributed by atoms with Crippen LogP contribution in [0.4, 0.5) is 0 Å². The molecule has 0 unspecified atom stereocenters. The van der Waals surface area contributed by atoms with Gasteiger partial charge in [0.25, 0.3) is 0 Å². The second-order valence-corrected chi connectivity index (χ2v) is 3.00. The molecule has 0 saturated carbocycles. The van der Waals surface area contributed by atoms with Gasteiger partial charge in [0.1, 0.15) is 0 Å². The Bertz CT molecular complexity index is 59.1. The van der Waals surface area contributed by atoms with Crippen LogP contribution in [0.5, 0.6) is 0 Å². The maximum atomic E-state index is 3.22. The van der Waals surface area contributed by atoms with Crippen molar-refractivity contribution in [3.63, 3.8) is 0 Å². The van der Waals surface area contributed by atoms with E-state index in [4.69, 9.17) is 0 Å². The summed E-state index contributed by atoms with van der Waals surface area (Å²) in [4.78, 5) is 0. The molecule has 0 amide bonds. The van der Waals surface area contributed by atoms with E-state index in [1.165, 1.54) is 0 Å². The quantitative estimate of drug-likeness (QED) is 0.388. The molecule has 2 aliphatic rings. The molecular weight excluding hydrogens is 184 g/mol. The Balaban J connectivity index is 0.000000206. The van der Waals surface area contributed by atoms with E-state index in [0.29, 0.717) is 0 Å². The Morgan fingerprint density at radius 1 is 0.385 bits per heavy atom. The Kier molecular flexibility index (Phi) is 10.4. The first-order chi connectivity index (χ1) is 6.00. The fourth-order valence-corrected chi connectivity index (χ4v) is 1.21. The van der Waals surface area contributed by atoms with Crippen molar-refractivity contribution in [3.05, 3.63) is 0 Å². The molecule has 13 heavy (non-hydrogen) atoms. The molecule has 4 nitrogen and oxygen atoms in total. The summed E-state index contributed by atoms with van der Waals surface area (Å²) in [5, 5.41) is 12.9. The monoisotopic (exact) mass is 206 g/mol. The van der Waals surface area contributed by atoms with Crippen LogP contribution in [0.15, 0.2) is 0 Å². The molecule has 0 radical (unpaired) electrons. The molecule has 0 spiro atoms. The molecule has 0 bridgehead atoms. The average Bonchev–Trinajstić information content (AvgIpc) is 2.24. The standard InChI is InChI=1S/2C4H10N2.H2S/c2*1-2-6-4-3-5-1;/h2*5-6H,1-4H2;1H2. The van der Waals surface area contributed by atoms with Crippen molar-refractivity contribution in [2.24, 2.45) is 0 Å². The Labute approximate surface area is 87.7 Å². The normalized spacial score (nSPS) is 22.2. The van der Waals surface area contributed by atoms with Crippen molar-refractivity contribution in [2.75, 3.05) is 52.4 Å². The lowest BCUT2D eigenvalue weighted by Crippen LogP contribution is -2.39. The molecule has 0 aromatic rings. The van der Waals surface area contributed by atoms with Gasteiger partial charge in [-0.3, -0.25) is 0 Å². The number of rotatable bonds is 0. The van der Waals surface area contributed by atoms with Crippen molar-refractivity contribution in [2.45, 2.75) is 0 Å². The fourth-order valence-electron chi connectivity index (χ4n) is 1.21. The van der Waals surface area contributed by atoms with Gasteiger partial charge in [0.2, 0.25) is 0 Å². The zero-order chi connectivity index (χ0) is 8.49. The van der Waals surface area contributed by atoms with Crippen LogP contribution >= 0.6 is 13.5 Å². The number of nitrogens with one attached hydrogen (secondary N) is 4. The van der Waals surface area contributed by atoms with Gasteiger partial charge in [-0.1, -0.05) is 0 Å². The minimum absolute atomic E-state index is 0. The summed E-state index contributed by atoms with van der Waals surface area (Å²) in [7, 11) is 0. The first-order valence-electron chi connectivity index (χ1n) is 4.83. The Morgan fingerprint density at radius 3 is 0.615 bits per heavy atom. The highest BCUT2D eigenvalue weighted by Gasteiger charge is 1.92. The van der Waals surface area contributed by atoms with Crippen molar-refractivity contribution >= 4 is 13.5 Å². The largest absolute Gasteiger partial charge is 0.314 e. The van der Waals surface area contributed by atoms with Crippen molar-refractivity contribution < 1.29 is 0 Å². The van der Waals surface area contributed by atoms with Gasteiger partial charge in [-0.25, -0.2) is 0 Å². The lowest BCUT2D eigenvalue weighted by Gasteiger charge is -2.11. The van der Waals surface area contributed by atoms with Gasteiger partial charge < -0.3 is 21.3 Å². The third kappa shape index (κ3) is 8.52. The number of piperazine rings is 2. The van der Waals surface area contributed by atoms with Gasteiger partial charge in [0, 0.05) is 52.4 Å². The molecule has 2 rings (SSSR count). The Hall–Kier alpha value is 0.190. The van der Waals surface area contributed by atoms with Crippen LogP contribution in [0.25, 0.3) is 0 Å². The zero-order valence-corrected chi connectivity index (χ0v) is 9.16. The summed E-state index contributed by atoms with van der Waals surface area (Å²) in [6.07, 6.45) is 0. The SMILES string of the molecule is C1CNCCN1.C1CNCCN1.S. The van der Waals surface area contributed by atoms with E-state index in [9.17, 15) is 0 Å².